The summed E-state index contributed by atoms with van der Waals surface area (Å²) in [6.45, 7) is 3.44. The first-order valence-electron chi connectivity index (χ1n) is 7.05. The molecule has 1 N–H and O–H groups in total. The molecule has 0 radical (unpaired) electrons. The first-order valence-corrected chi connectivity index (χ1v) is 8.21. The fourth-order valence-electron chi connectivity index (χ4n) is 2.33. The van der Waals surface area contributed by atoms with Gasteiger partial charge in [-0.3, -0.25) is 4.79 Å². The third-order valence-corrected chi connectivity index (χ3v) is 4.89. The van der Waals surface area contributed by atoms with Gasteiger partial charge in [0.25, 0.3) is 5.91 Å². The number of aromatic hydroxyl groups is 1. The lowest BCUT2D eigenvalue weighted by Crippen LogP contribution is -2.22. The van der Waals surface area contributed by atoms with E-state index in [0.717, 1.165) is 11.5 Å². The Morgan fingerprint density at radius 2 is 2.18 bits per heavy atom. The van der Waals surface area contributed by atoms with Crippen molar-refractivity contribution < 1.29 is 14.3 Å². The molecule has 2 aromatic rings. The number of carbonyl (C=O) groups is 1. The number of halogens is 1. The number of amides is 1. The molecule has 7 heteroatoms. The molecule has 1 amide bonds. The third-order valence-electron chi connectivity index (χ3n) is 3.65. The molecule has 1 saturated heterocycles. The van der Waals surface area contributed by atoms with Crippen LogP contribution < -0.4 is 0 Å². The van der Waals surface area contributed by atoms with E-state index in [9.17, 15) is 14.3 Å². The Balaban J connectivity index is 2.16. The molecule has 116 valence electrons. The average Bonchev–Trinajstić information content (AvgIpc) is 2.69. The topological polar surface area (TPSA) is 66.9 Å². The number of azo groups is 1. The van der Waals surface area contributed by atoms with Crippen LogP contribution in [0.5, 0.6) is 5.88 Å². The fraction of sp³-hybridized carbons (Fsp3) is 0.400. The van der Waals surface area contributed by atoms with Gasteiger partial charge in [-0.25, -0.2) is 4.39 Å². The van der Waals surface area contributed by atoms with Gasteiger partial charge in [0.2, 0.25) is 5.88 Å². The molecule has 1 aliphatic heterocycles. The normalized spacial score (nSPS) is 15.8. The maximum atomic E-state index is 14.2. The summed E-state index contributed by atoms with van der Waals surface area (Å²) >= 11 is 1.73. The van der Waals surface area contributed by atoms with Crippen LogP contribution in [0.2, 0.25) is 0 Å². The van der Waals surface area contributed by atoms with Crippen molar-refractivity contribution >= 4 is 34.3 Å². The van der Waals surface area contributed by atoms with Crippen molar-refractivity contribution in [3.05, 3.63) is 24.0 Å². The predicted octanol–water partition coefficient (Wildman–Crippen LogP) is 4.04. The summed E-state index contributed by atoms with van der Waals surface area (Å²) in [4.78, 5) is 11.6. The lowest BCUT2D eigenvalue weighted by Gasteiger charge is -2.27. The molecule has 22 heavy (non-hydrogen) atoms. The first kappa shape index (κ1) is 15.0. The minimum Gasteiger partial charge on any atom is -0.493 e. The number of rotatable bonds is 3. The van der Waals surface area contributed by atoms with Crippen LogP contribution >= 0.6 is 11.8 Å². The SMILES string of the molecule is CC(C)C(=O)N=Nc1c(O)n(C2CSC2)c2c(F)cccc12. The predicted molar refractivity (Wildman–Crippen MR) is 84.3 cm³/mol. The van der Waals surface area contributed by atoms with Crippen molar-refractivity contribution in [1.82, 2.24) is 4.57 Å². The Morgan fingerprint density at radius 1 is 1.45 bits per heavy atom. The smallest absolute Gasteiger partial charge is 0.267 e. The molecule has 0 spiro atoms. The van der Waals surface area contributed by atoms with Gasteiger partial charge in [0.05, 0.1) is 11.6 Å². The van der Waals surface area contributed by atoms with Crippen molar-refractivity contribution in [2.24, 2.45) is 16.1 Å². The minimum atomic E-state index is -0.415. The maximum absolute atomic E-state index is 14.2. The zero-order chi connectivity index (χ0) is 15.9. The molecule has 0 unspecified atom stereocenters. The Morgan fingerprint density at radius 3 is 2.77 bits per heavy atom. The van der Waals surface area contributed by atoms with Crippen molar-refractivity contribution in [3.63, 3.8) is 0 Å². The van der Waals surface area contributed by atoms with Crippen LogP contribution in [-0.2, 0) is 4.79 Å². The van der Waals surface area contributed by atoms with Gasteiger partial charge < -0.3 is 9.67 Å². The molecule has 2 heterocycles. The van der Waals surface area contributed by atoms with E-state index in [-0.39, 0.29) is 29.4 Å². The number of thioether (sulfide) groups is 1. The van der Waals surface area contributed by atoms with E-state index in [2.05, 4.69) is 10.2 Å². The summed E-state index contributed by atoms with van der Waals surface area (Å²) < 4.78 is 15.8. The second-order valence-corrected chi connectivity index (χ2v) is 6.64. The van der Waals surface area contributed by atoms with Gasteiger partial charge >= 0.3 is 0 Å². The number of hydrogen-bond acceptors (Lipinski definition) is 4. The molecule has 3 rings (SSSR count). The summed E-state index contributed by atoms with van der Waals surface area (Å²) in [7, 11) is 0. The Labute approximate surface area is 131 Å². The Hall–Kier alpha value is -1.89. The molecule has 0 bridgehead atoms. The highest BCUT2D eigenvalue weighted by Crippen LogP contribution is 2.45. The van der Waals surface area contributed by atoms with Gasteiger partial charge in [-0.05, 0) is 6.07 Å². The second-order valence-electron chi connectivity index (χ2n) is 5.56. The second kappa shape index (κ2) is 5.72. The van der Waals surface area contributed by atoms with Gasteiger partial charge in [-0.15, -0.1) is 10.2 Å². The van der Waals surface area contributed by atoms with Crippen LogP contribution in [0.15, 0.2) is 28.4 Å². The summed E-state index contributed by atoms with van der Waals surface area (Å²) in [5, 5.41) is 18.4. The maximum Gasteiger partial charge on any atom is 0.267 e. The number of hydrogen-bond donors (Lipinski definition) is 1. The van der Waals surface area contributed by atoms with Gasteiger partial charge in [0.1, 0.15) is 5.82 Å². The molecule has 1 aromatic carbocycles. The number of benzene rings is 1. The van der Waals surface area contributed by atoms with Crippen LogP contribution in [0.4, 0.5) is 10.1 Å². The van der Waals surface area contributed by atoms with Gasteiger partial charge in [-0.1, -0.05) is 26.0 Å². The molecule has 5 nitrogen and oxygen atoms in total. The third kappa shape index (κ3) is 2.39. The largest absolute Gasteiger partial charge is 0.493 e. The van der Waals surface area contributed by atoms with Crippen molar-refractivity contribution in [2.45, 2.75) is 19.9 Å². The van der Waals surface area contributed by atoms with Crippen molar-refractivity contribution in [2.75, 3.05) is 11.5 Å². The fourth-order valence-corrected chi connectivity index (χ4v) is 3.08. The highest BCUT2D eigenvalue weighted by Gasteiger charge is 2.29. The molecule has 0 saturated carbocycles. The molecule has 1 fully saturated rings. The zero-order valence-corrected chi connectivity index (χ0v) is 13.1. The van der Waals surface area contributed by atoms with E-state index >= 15 is 0 Å². The van der Waals surface area contributed by atoms with E-state index in [1.165, 1.54) is 6.07 Å². The van der Waals surface area contributed by atoms with Crippen LogP contribution in [0, 0.1) is 11.7 Å². The van der Waals surface area contributed by atoms with E-state index in [1.807, 2.05) is 0 Å². The summed E-state index contributed by atoms with van der Waals surface area (Å²) in [6.07, 6.45) is 0. The standard InChI is InChI=1S/C15H16FN3O2S/c1-8(2)14(20)18-17-12-10-4-3-5-11(16)13(10)19(15(12)21)9-6-22-7-9/h3-5,8-9,21H,6-7H2,1-2H3. The highest BCUT2D eigenvalue weighted by molar-refractivity contribution is 8.00. The molecule has 0 atom stereocenters. The van der Waals surface area contributed by atoms with Gasteiger partial charge in [-0.2, -0.15) is 11.8 Å². The van der Waals surface area contributed by atoms with Gasteiger partial charge in [0, 0.05) is 22.8 Å². The number of aromatic nitrogens is 1. The lowest BCUT2D eigenvalue weighted by atomic mass is 10.2. The number of para-hydroxylation sites is 1. The Bertz CT molecular complexity index is 766. The monoisotopic (exact) mass is 321 g/mol. The van der Waals surface area contributed by atoms with Gasteiger partial charge in [0.15, 0.2) is 5.69 Å². The van der Waals surface area contributed by atoms with Crippen molar-refractivity contribution in [1.29, 1.82) is 0 Å². The average molecular weight is 321 g/mol. The zero-order valence-electron chi connectivity index (χ0n) is 12.3. The van der Waals surface area contributed by atoms with Crippen molar-refractivity contribution in [3.8, 4) is 5.88 Å². The molecule has 1 aliphatic rings. The number of carbonyl (C=O) groups excluding carboxylic acids is 1. The first-order chi connectivity index (χ1) is 10.5. The molecule has 1 aromatic heterocycles. The lowest BCUT2D eigenvalue weighted by molar-refractivity contribution is -0.121. The van der Waals surface area contributed by atoms with Crippen LogP contribution in [-0.4, -0.2) is 27.1 Å². The molecule has 0 aliphatic carbocycles. The summed E-state index contributed by atoms with van der Waals surface area (Å²) in [5.41, 5.74) is 0.469. The van der Waals surface area contributed by atoms with E-state index in [0.29, 0.717) is 10.9 Å². The number of fused-ring (bicyclic) bond motifs is 1. The van der Waals surface area contributed by atoms with Crippen LogP contribution in [0.25, 0.3) is 10.9 Å². The summed E-state index contributed by atoms with van der Waals surface area (Å²) in [5.74, 6) is 0.419. The van der Waals surface area contributed by atoms with E-state index in [4.69, 9.17) is 0 Å². The molecular weight excluding hydrogens is 305 g/mol. The number of nitrogens with zero attached hydrogens (tertiary/aromatic N) is 3. The van der Waals surface area contributed by atoms with Crippen LogP contribution in [0.3, 0.4) is 0 Å². The minimum absolute atomic E-state index is 0.0363. The summed E-state index contributed by atoms with van der Waals surface area (Å²) in [6, 6.07) is 4.62. The molecular formula is C15H16FN3O2S. The van der Waals surface area contributed by atoms with E-state index < -0.39 is 5.82 Å². The Kier molecular flexibility index (Phi) is 3.90. The quantitative estimate of drug-likeness (QED) is 0.868. The van der Waals surface area contributed by atoms with E-state index in [1.54, 1.807) is 42.3 Å². The highest BCUT2D eigenvalue weighted by atomic mass is 32.2. The van der Waals surface area contributed by atoms with Crippen LogP contribution in [0.1, 0.15) is 19.9 Å².